The Labute approximate surface area is 314 Å². The van der Waals surface area contributed by atoms with Crippen LogP contribution in [0.4, 0.5) is 5.82 Å². The fourth-order valence-corrected chi connectivity index (χ4v) is 10.2. The SMILES string of the molecule is CC(C)C(C)(C)[Si](C)(C)OC[C@H]1O[C@@H](n2c(CNC[C@H]3O[C@@H](n4c(CO)cc(=O)[nH]c4=O)[C@@H]4OC(C)(C)O[C@@H]43)nc3c(N)ncnc32)[C@@H]2OC(C)(C)O[C@@H]21. The van der Waals surface area contributed by atoms with Gasteiger partial charge in [-0.05, 0) is 51.7 Å². The van der Waals surface area contributed by atoms with E-state index in [-0.39, 0.29) is 29.6 Å². The van der Waals surface area contributed by atoms with Crippen LogP contribution in [-0.4, -0.2) is 104 Å². The van der Waals surface area contributed by atoms with E-state index in [1.54, 1.807) is 13.8 Å². The second kappa shape index (κ2) is 13.8. The summed E-state index contributed by atoms with van der Waals surface area (Å²) in [4.78, 5) is 40.9. The molecule has 298 valence electrons. The van der Waals surface area contributed by atoms with E-state index in [1.807, 2.05) is 18.4 Å². The predicted octanol–water partition coefficient (Wildman–Crippen LogP) is 2.03. The van der Waals surface area contributed by atoms with Gasteiger partial charge in [0.25, 0.3) is 5.56 Å². The molecule has 3 aromatic heterocycles. The summed E-state index contributed by atoms with van der Waals surface area (Å²) >= 11 is 0. The van der Waals surface area contributed by atoms with Crippen molar-refractivity contribution >= 4 is 25.3 Å². The summed E-state index contributed by atoms with van der Waals surface area (Å²) < 4.78 is 48.4. The third kappa shape index (κ3) is 6.85. The van der Waals surface area contributed by atoms with Gasteiger partial charge in [-0.2, -0.15) is 0 Å². The van der Waals surface area contributed by atoms with E-state index in [2.05, 4.69) is 61.1 Å². The van der Waals surface area contributed by atoms with Crippen LogP contribution in [0.15, 0.2) is 22.0 Å². The minimum absolute atomic E-state index is 0.0100. The molecule has 4 saturated heterocycles. The van der Waals surface area contributed by atoms with Crippen molar-refractivity contribution in [3.05, 3.63) is 44.8 Å². The van der Waals surface area contributed by atoms with Crippen molar-refractivity contribution in [2.75, 3.05) is 18.9 Å². The summed E-state index contributed by atoms with van der Waals surface area (Å²) in [5.74, 6) is -0.628. The molecule has 0 amide bonds. The molecule has 54 heavy (non-hydrogen) atoms. The van der Waals surface area contributed by atoms with Gasteiger partial charge in [0.1, 0.15) is 48.8 Å². The van der Waals surface area contributed by atoms with E-state index >= 15 is 0 Å². The Hall–Kier alpha value is -3.11. The number of hydrogen-bond acceptors (Lipinski definition) is 15. The normalized spacial score (nSPS) is 30.4. The maximum atomic E-state index is 13.0. The minimum atomic E-state index is -2.20. The molecule has 4 aliphatic rings. The lowest BCUT2D eigenvalue weighted by atomic mass is 9.99. The van der Waals surface area contributed by atoms with Crippen LogP contribution < -0.4 is 22.3 Å². The molecule has 4 aliphatic heterocycles. The number of aromatic amines is 1. The zero-order valence-electron chi connectivity index (χ0n) is 32.6. The third-order valence-electron chi connectivity index (χ3n) is 11.8. The smallest absolute Gasteiger partial charge is 0.330 e. The Morgan fingerprint density at radius 3 is 2.20 bits per heavy atom. The largest absolute Gasteiger partial charge is 0.414 e. The van der Waals surface area contributed by atoms with Crippen molar-refractivity contribution in [1.82, 2.24) is 34.4 Å². The molecule has 0 saturated carbocycles. The molecule has 8 atom stereocenters. The van der Waals surface area contributed by atoms with Crippen LogP contribution in [-0.2, 0) is 46.0 Å². The molecular formula is C35H54N8O10Si. The Balaban J connectivity index is 1.15. The molecule has 5 N–H and O–H groups in total. The van der Waals surface area contributed by atoms with E-state index in [1.165, 1.54) is 10.9 Å². The highest BCUT2D eigenvalue weighted by Gasteiger charge is 2.58. The number of nitrogen functional groups attached to an aromatic ring is 1. The highest BCUT2D eigenvalue weighted by molar-refractivity contribution is 6.74. The lowest BCUT2D eigenvalue weighted by molar-refractivity contribution is -0.199. The Morgan fingerprint density at radius 1 is 0.981 bits per heavy atom. The van der Waals surface area contributed by atoms with Crippen molar-refractivity contribution < 1.29 is 38.0 Å². The number of aromatic nitrogens is 6. The van der Waals surface area contributed by atoms with Crippen molar-refractivity contribution in [2.24, 2.45) is 5.92 Å². The summed E-state index contributed by atoms with van der Waals surface area (Å²) in [7, 11) is -2.20. The summed E-state index contributed by atoms with van der Waals surface area (Å²) in [6.45, 7) is 21.1. The zero-order chi connectivity index (χ0) is 39.1. The lowest BCUT2D eigenvalue weighted by Crippen LogP contribution is -2.47. The third-order valence-corrected chi connectivity index (χ3v) is 16.4. The van der Waals surface area contributed by atoms with Gasteiger partial charge in [-0.25, -0.2) is 19.7 Å². The van der Waals surface area contributed by atoms with Gasteiger partial charge in [-0.1, -0.05) is 27.7 Å². The number of H-pyrrole nitrogens is 1. The second-order valence-electron chi connectivity index (χ2n) is 16.9. The minimum Gasteiger partial charge on any atom is -0.414 e. The van der Waals surface area contributed by atoms with Crippen LogP contribution >= 0.6 is 0 Å². The summed E-state index contributed by atoms with van der Waals surface area (Å²) in [6.07, 6.45) is -3.51. The maximum absolute atomic E-state index is 13.0. The number of imidazole rings is 1. The number of anilines is 1. The van der Waals surface area contributed by atoms with Crippen molar-refractivity contribution in [3.8, 4) is 0 Å². The van der Waals surface area contributed by atoms with E-state index in [9.17, 15) is 14.7 Å². The zero-order valence-corrected chi connectivity index (χ0v) is 33.6. The average molecular weight is 775 g/mol. The standard InChI is InChI=1S/C35H54N8O10Si/c1-17(2)33(3,4)54(9,10)47-15-20-25-27(53-35(7,8)51-25)31(49-20)43-21(40-23-28(36)38-16-39-29(23)43)13-37-12-19-24-26(52-34(5,6)50-24)30(48-19)42-18(14-44)11-22(45)41-32(42)46/h11,16-17,19-20,24-27,30-31,37,44H,12-15H2,1-10H3,(H2,36,38,39)(H,41,45,46)/t19-,20-,24-,25-,26-,27-,30-,31-/m1/s1. The van der Waals surface area contributed by atoms with Gasteiger partial charge < -0.3 is 49.0 Å². The fraction of sp³-hybridized carbons (Fsp3) is 0.743. The molecule has 19 heteroatoms. The lowest BCUT2D eigenvalue weighted by Gasteiger charge is -2.43. The molecular weight excluding hydrogens is 721 g/mol. The molecule has 0 spiro atoms. The monoisotopic (exact) mass is 774 g/mol. The van der Waals surface area contributed by atoms with Gasteiger partial charge in [0.05, 0.1) is 25.5 Å². The number of nitrogens with one attached hydrogen (secondary N) is 2. The van der Waals surface area contributed by atoms with Crippen LogP contribution in [0.1, 0.15) is 79.4 Å². The predicted molar refractivity (Wildman–Crippen MR) is 196 cm³/mol. The van der Waals surface area contributed by atoms with Crippen LogP contribution in [0.5, 0.6) is 0 Å². The second-order valence-corrected chi connectivity index (χ2v) is 21.5. The molecule has 7 heterocycles. The Bertz CT molecular complexity index is 2000. The molecule has 3 aromatic rings. The number of ether oxygens (including phenoxy) is 6. The highest BCUT2D eigenvalue weighted by Crippen LogP contribution is 2.48. The first-order chi connectivity index (χ1) is 25.2. The van der Waals surface area contributed by atoms with Crippen LogP contribution in [0, 0.1) is 5.92 Å². The van der Waals surface area contributed by atoms with Gasteiger partial charge in [-0.15, -0.1) is 0 Å². The first kappa shape index (κ1) is 39.1. The molecule has 0 aromatic carbocycles. The summed E-state index contributed by atoms with van der Waals surface area (Å²) in [6, 6.07) is 1.16. The van der Waals surface area contributed by atoms with Crippen molar-refractivity contribution in [3.63, 3.8) is 0 Å². The van der Waals surface area contributed by atoms with Crippen molar-refractivity contribution in [2.45, 2.75) is 147 Å². The maximum Gasteiger partial charge on any atom is 0.330 e. The number of aliphatic hydroxyl groups excluding tert-OH is 1. The quantitative estimate of drug-likeness (QED) is 0.194. The average Bonchev–Trinajstić information content (AvgIpc) is 3.85. The van der Waals surface area contributed by atoms with Gasteiger partial charge >= 0.3 is 5.69 Å². The molecule has 0 unspecified atom stereocenters. The van der Waals surface area contributed by atoms with Gasteiger partial charge in [0.2, 0.25) is 0 Å². The van der Waals surface area contributed by atoms with Crippen molar-refractivity contribution in [1.29, 1.82) is 0 Å². The number of rotatable bonds is 12. The number of nitrogens with two attached hydrogens (primary N) is 1. The topological polar surface area (TPSA) is 221 Å². The summed E-state index contributed by atoms with van der Waals surface area (Å²) in [5.41, 5.74) is 5.97. The first-order valence-corrected chi connectivity index (χ1v) is 21.4. The van der Waals surface area contributed by atoms with E-state index in [4.69, 9.17) is 43.6 Å². The van der Waals surface area contributed by atoms with Gasteiger partial charge in [0, 0.05) is 12.6 Å². The van der Waals surface area contributed by atoms with Gasteiger partial charge in [-0.3, -0.25) is 18.9 Å². The van der Waals surface area contributed by atoms with Crippen LogP contribution in [0.2, 0.25) is 18.1 Å². The summed E-state index contributed by atoms with van der Waals surface area (Å²) in [5, 5.41) is 13.5. The molecule has 4 fully saturated rings. The first-order valence-electron chi connectivity index (χ1n) is 18.5. The number of fused-ring (bicyclic) bond motifs is 3. The molecule has 18 nitrogen and oxygen atoms in total. The fourth-order valence-electron chi connectivity index (χ4n) is 7.85. The molecule has 0 bridgehead atoms. The molecule has 0 aliphatic carbocycles. The Morgan fingerprint density at radius 2 is 1.57 bits per heavy atom. The highest BCUT2D eigenvalue weighted by atomic mass is 28.4. The number of nitrogens with zero attached hydrogens (tertiary/aromatic N) is 5. The number of hydrogen-bond donors (Lipinski definition) is 4. The van der Waals surface area contributed by atoms with E-state index in [0.29, 0.717) is 29.5 Å². The van der Waals surface area contributed by atoms with Crippen LogP contribution in [0.25, 0.3) is 11.2 Å². The van der Waals surface area contributed by atoms with E-state index < -0.39 is 86.8 Å². The van der Waals surface area contributed by atoms with Crippen LogP contribution in [0.3, 0.4) is 0 Å². The van der Waals surface area contributed by atoms with E-state index in [0.717, 1.165) is 6.07 Å². The molecule has 0 radical (unpaired) electrons. The van der Waals surface area contributed by atoms with Gasteiger partial charge in [0.15, 0.2) is 49.3 Å². The Kier molecular flexibility index (Phi) is 10.0. The number of aliphatic hydroxyl groups is 1. The molecule has 7 rings (SSSR count).